The van der Waals surface area contributed by atoms with Crippen LogP contribution in [0.3, 0.4) is 0 Å². The van der Waals surface area contributed by atoms with Crippen molar-refractivity contribution in [3.05, 3.63) is 34.9 Å². The predicted octanol–water partition coefficient (Wildman–Crippen LogP) is 1.62. The van der Waals surface area contributed by atoms with E-state index in [9.17, 15) is 0 Å². The largest absolute Gasteiger partial charge is 0.370 e. The Bertz CT molecular complexity index is 464. The van der Waals surface area contributed by atoms with Gasteiger partial charge in [0.25, 0.3) is 0 Å². The Labute approximate surface area is 105 Å². The number of rotatable bonds is 2. The lowest BCUT2D eigenvalue weighted by molar-refractivity contribution is 0.911. The molecular weight excluding hydrogens is 232 g/mol. The van der Waals surface area contributed by atoms with Crippen LogP contribution in [-0.4, -0.2) is 11.1 Å². The van der Waals surface area contributed by atoms with Crippen molar-refractivity contribution in [2.24, 2.45) is 16.5 Å². The molecular formula is C12H16N4S. The van der Waals surface area contributed by atoms with E-state index in [0.717, 1.165) is 5.75 Å². The molecule has 1 aromatic carbocycles. The molecule has 17 heavy (non-hydrogen) atoms. The first-order valence-corrected chi connectivity index (χ1v) is 6.55. The molecule has 2 rings (SSSR count). The highest BCUT2D eigenvalue weighted by atomic mass is 32.2. The number of aryl methyl sites for hydroxylation is 2. The second-order valence-electron chi connectivity index (χ2n) is 4.09. The van der Waals surface area contributed by atoms with Gasteiger partial charge in [-0.05, 0) is 36.0 Å². The minimum absolute atomic E-state index is 0.0588. The van der Waals surface area contributed by atoms with Gasteiger partial charge in [0, 0.05) is 5.75 Å². The average Bonchev–Trinajstić information content (AvgIpc) is 2.72. The molecule has 5 N–H and O–H groups in total. The fraction of sp³-hybridized carbons (Fsp3) is 0.333. The van der Waals surface area contributed by atoms with Crippen molar-refractivity contribution >= 4 is 22.9 Å². The number of thioether (sulfide) groups is 1. The highest BCUT2D eigenvalue weighted by Gasteiger charge is 2.10. The first-order valence-electron chi connectivity index (χ1n) is 5.57. The van der Waals surface area contributed by atoms with E-state index in [-0.39, 0.29) is 11.1 Å². The van der Waals surface area contributed by atoms with Crippen LogP contribution in [-0.2, 0) is 18.6 Å². The molecule has 0 bridgehead atoms. The van der Waals surface area contributed by atoms with E-state index in [4.69, 9.17) is 16.9 Å². The Hall–Kier alpha value is -1.49. The number of aliphatic imine (C=N–C) groups is 1. The van der Waals surface area contributed by atoms with E-state index in [0.29, 0.717) is 0 Å². The number of hydrogen-bond acceptors (Lipinski definition) is 2. The molecule has 5 heteroatoms. The zero-order chi connectivity index (χ0) is 12.3. The summed E-state index contributed by atoms with van der Waals surface area (Å²) in [6.07, 6.45) is 3.64. The van der Waals surface area contributed by atoms with Crippen molar-refractivity contribution in [3.63, 3.8) is 0 Å². The quantitative estimate of drug-likeness (QED) is 0.549. The summed E-state index contributed by atoms with van der Waals surface area (Å²) in [5, 5.41) is 7.69. The summed E-state index contributed by atoms with van der Waals surface area (Å²) in [6.45, 7) is 0. The molecule has 0 aromatic heterocycles. The number of benzene rings is 1. The van der Waals surface area contributed by atoms with Gasteiger partial charge in [0.1, 0.15) is 0 Å². The third-order valence-electron chi connectivity index (χ3n) is 2.77. The Morgan fingerprint density at radius 3 is 2.82 bits per heavy atom. The lowest BCUT2D eigenvalue weighted by atomic mass is 10.1. The van der Waals surface area contributed by atoms with Gasteiger partial charge < -0.3 is 11.5 Å². The van der Waals surface area contributed by atoms with Crippen molar-refractivity contribution < 1.29 is 0 Å². The first kappa shape index (κ1) is 12.0. The van der Waals surface area contributed by atoms with Crippen LogP contribution in [0.1, 0.15) is 23.1 Å². The molecule has 0 saturated heterocycles. The van der Waals surface area contributed by atoms with E-state index >= 15 is 0 Å². The highest BCUT2D eigenvalue weighted by Crippen LogP contribution is 2.24. The van der Waals surface area contributed by atoms with Gasteiger partial charge >= 0.3 is 0 Å². The smallest absolute Gasteiger partial charge is 0.193 e. The lowest BCUT2D eigenvalue weighted by Crippen LogP contribution is -2.23. The average molecular weight is 248 g/mol. The molecule has 1 aromatic rings. The fourth-order valence-corrected chi connectivity index (χ4v) is 2.67. The molecule has 1 aliphatic rings. The van der Waals surface area contributed by atoms with Crippen LogP contribution in [0.4, 0.5) is 0 Å². The van der Waals surface area contributed by atoms with Gasteiger partial charge in [0.05, 0.1) is 0 Å². The number of amidine groups is 1. The molecule has 0 unspecified atom stereocenters. The fourth-order valence-electron chi connectivity index (χ4n) is 2.02. The lowest BCUT2D eigenvalue weighted by Gasteiger charge is -2.04. The molecule has 0 amide bonds. The standard InChI is InChI=1S/C12H16N4S/c13-11(14)16-12(15)17-7-8-4-5-9-2-1-3-10(9)6-8/h4-6H,1-3,7H2,(H5,13,14,15,16). The third-order valence-corrected chi connectivity index (χ3v) is 3.61. The first-order chi connectivity index (χ1) is 8.15. The molecule has 0 saturated carbocycles. The second kappa shape index (κ2) is 5.23. The maximum absolute atomic E-state index is 7.54. The van der Waals surface area contributed by atoms with Crippen molar-refractivity contribution in [2.75, 3.05) is 0 Å². The summed E-state index contributed by atoms with van der Waals surface area (Å²) < 4.78 is 0. The van der Waals surface area contributed by atoms with Crippen molar-refractivity contribution in [2.45, 2.75) is 25.0 Å². The Morgan fingerprint density at radius 2 is 2.06 bits per heavy atom. The molecule has 0 spiro atoms. The van der Waals surface area contributed by atoms with Gasteiger partial charge in [-0.25, -0.2) is 0 Å². The van der Waals surface area contributed by atoms with E-state index < -0.39 is 0 Å². The number of nitrogens with zero attached hydrogens (tertiary/aromatic N) is 1. The zero-order valence-corrected chi connectivity index (χ0v) is 10.4. The summed E-state index contributed by atoms with van der Waals surface area (Å²) in [5.41, 5.74) is 14.6. The number of nitrogens with one attached hydrogen (secondary N) is 1. The maximum atomic E-state index is 7.54. The molecule has 0 fully saturated rings. The van der Waals surface area contributed by atoms with Gasteiger partial charge in [0.15, 0.2) is 11.1 Å². The second-order valence-corrected chi connectivity index (χ2v) is 5.05. The minimum atomic E-state index is -0.0588. The molecule has 4 nitrogen and oxygen atoms in total. The normalized spacial score (nSPS) is 13.2. The van der Waals surface area contributed by atoms with E-state index in [1.807, 2.05) is 0 Å². The van der Waals surface area contributed by atoms with Crippen molar-refractivity contribution in [3.8, 4) is 0 Å². The summed E-state index contributed by atoms with van der Waals surface area (Å²) >= 11 is 1.34. The molecule has 0 radical (unpaired) electrons. The van der Waals surface area contributed by atoms with Crippen LogP contribution in [0.15, 0.2) is 23.2 Å². The van der Waals surface area contributed by atoms with Crippen molar-refractivity contribution in [1.82, 2.24) is 0 Å². The monoisotopic (exact) mass is 248 g/mol. The van der Waals surface area contributed by atoms with Crippen LogP contribution >= 0.6 is 11.8 Å². The summed E-state index contributed by atoms with van der Waals surface area (Å²) in [4.78, 5) is 3.68. The molecule has 90 valence electrons. The van der Waals surface area contributed by atoms with Gasteiger partial charge in [-0.3, -0.25) is 5.41 Å². The van der Waals surface area contributed by atoms with Gasteiger partial charge in [0.2, 0.25) is 0 Å². The Kier molecular flexibility index (Phi) is 3.68. The topological polar surface area (TPSA) is 88.2 Å². The predicted molar refractivity (Wildman–Crippen MR) is 73.3 cm³/mol. The van der Waals surface area contributed by atoms with Crippen molar-refractivity contribution in [1.29, 1.82) is 5.41 Å². The number of fused-ring (bicyclic) bond motifs is 1. The van der Waals surface area contributed by atoms with Crippen LogP contribution in [0.25, 0.3) is 0 Å². The van der Waals surface area contributed by atoms with Crippen LogP contribution < -0.4 is 11.5 Å². The molecule has 0 atom stereocenters. The van der Waals surface area contributed by atoms with Crippen LogP contribution in [0.2, 0.25) is 0 Å². The van der Waals surface area contributed by atoms with Crippen LogP contribution in [0, 0.1) is 5.41 Å². The summed E-state index contributed by atoms with van der Waals surface area (Å²) in [6, 6.07) is 6.56. The van der Waals surface area contributed by atoms with E-state index in [1.54, 1.807) is 0 Å². The Balaban J connectivity index is 1.96. The molecule has 1 aliphatic carbocycles. The third kappa shape index (κ3) is 3.23. The zero-order valence-electron chi connectivity index (χ0n) is 9.57. The minimum Gasteiger partial charge on any atom is -0.370 e. The van der Waals surface area contributed by atoms with Gasteiger partial charge in [-0.15, -0.1) is 0 Å². The Morgan fingerprint density at radius 1 is 1.29 bits per heavy atom. The highest BCUT2D eigenvalue weighted by molar-refractivity contribution is 8.13. The van der Waals surface area contributed by atoms with E-state index in [1.165, 1.54) is 47.7 Å². The van der Waals surface area contributed by atoms with Gasteiger partial charge in [-0.1, -0.05) is 30.0 Å². The maximum Gasteiger partial charge on any atom is 0.193 e. The number of nitrogens with two attached hydrogens (primary N) is 2. The van der Waals surface area contributed by atoms with Crippen LogP contribution in [0.5, 0.6) is 0 Å². The summed E-state index contributed by atoms with van der Waals surface area (Å²) in [5.74, 6) is 0.680. The van der Waals surface area contributed by atoms with Gasteiger partial charge in [-0.2, -0.15) is 4.99 Å². The number of hydrogen-bond donors (Lipinski definition) is 3. The summed E-state index contributed by atoms with van der Waals surface area (Å²) in [7, 11) is 0. The van der Waals surface area contributed by atoms with E-state index in [2.05, 4.69) is 23.2 Å². The molecule has 0 aliphatic heterocycles. The SMILES string of the molecule is N=C(N=C(N)N)SCc1ccc2c(c1)CCC2. The number of guanidine groups is 1. The molecule has 0 heterocycles.